The maximum atomic E-state index is 11.0. The molecule has 0 bridgehead atoms. The Bertz CT molecular complexity index is 364. The molecule has 0 atom stereocenters. The summed E-state index contributed by atoms with van der Waals surface area (Å²) in [6.45, 7) is -0.0458. The second-order valence-electron chi connectivity index (χ2n) is 2.13. The maximum absolute atomic E-state index is 11.0. The third kappa shape index (κ3) is 1.56. The standard InChI is InChI=1S/C6H7N5O2/c1-13-6(12)4-5(8)11(3-2-7)10-9-4/h3,8H2,1H3. The Balaban J connectivity index is 3.00. The topological polar surface area (TPSA) is 107 Å². The fourth-order valence-corrected chi connectivity index (χ4v) is 0.746. The average Bonchev–Trinajstić information content (AvgIpc) is 2.48. The number of carbonyl (C=O) groups excluding carboxylic acids is 1. The SMILES string of the molecule is COC(=O)c1nnn(CC#N)c1N. The van der Waals surface area contributed by atoms with Crippen molar-refractivity contribution < 1.29 is 9.53 Å². The van der Waals surface area contributed by atoms with Gasteiger partial charge in [0.05, 0.1) is 13.2 Å². The lowest BCUT2D eigenvalue weighted by atomic mass is 10.4. The van der Waals surface area contributed by atoms with E-state index in [-0.39, 0.29) is 18.1 Å². The molecule has 0 aliphatic carbocycles. The number of ether oxygens (including phenoxy) is 1. The Morgan fingerprint density at radius 2 is 2.54 bits per heavy atom. The van der Waals surface area contributed by atoms with Crippen molar-refractivity contribution in [2.45, 2.75) is 6.54 Å². The molecule has 0 amide bonds. The van der Waals surface area contributed by atoms with Crippen LogP contribution in [0.2, 0.25) is 0 Å². The quantitative estimate of drug-likeness (QED) is 0.596. The number of aromatic nitrogens is 3. The number of nitrogens with two attached hydrogens (primary N) is 1. The van der Waals surface area contributed by atoms with Gasteiger partial charge in [-0.25, -0.2) is 9.48 Å². The molecule has 1 rings (SSSR count). The molecule has 7 heteroatoms. The van der Waals surface area contributed by atoms with Crippen molar-refractivity contribution in [3.05, 3.63) is 5.69 Å². The predicted octanol–water partition coefficient (Wildman–Crippen LogP) is -0.830. The normalized spacial score (nSPS) is 9.23. The van der Waals surface area contributed by atoms with Gasteiger partial charge in [0, 0.05) is 0 Å². The van der Waals surface area contributed by atoms with Crippen LogP contribution in [0.4, 0.5) is 5.82 Å². The van der Waals surface area contributed by atoms with Gasteiger partial charge in [0.2, 0.25) is 5.69 Å². The molecule has 0 aliphatic heterocycles. The second kappa shape index (κ2) is 3.53. The number of esters is 1. The Kier molecular flexibility index (Phi) is 2.44. The van der Waals surface area contributed by atoms with Gasteiger partial charge in [0.1, 0.15) is 6.54 Å². The van der Waals surface area contributed by atoms with Gasteiger partial charge in [-0.3, -0.25) is 0 Å². The van der Waals surface area contributed by atoms with Crippen LogP contribution in [0.25, 0.3) is 0 Å². The van der Waals surface area contributed by atoms with Crippen LogP contribution in [0.15, 0.2) is 0 Å². The minimum Gasteiger partial charge on any atom is -0.464 e. The summed E-state index contributed by atoms with van der Waals surface area (Å²) >= 11 is 0. The van der Waals surface area contributed by atoms with E-state index in [1.807, 2.05) is 6.07 Å². The van der Waals surface area contributed by atoms with Gasteiger partial charge in [-0.05, 0) is 0 Å². The lowest BCUT2D eigenvalue weighted by Crippen LogP contribution is -2.08. The zero-order valence-electron chi connectivity index (χ0n) is 6.89. The molecule has 0 spiro atoms. The summed E-state index contributed by atoms with van der Waals surface area (Å²) in [4.78, 5) is 11.0. The van der Waals surface area contributed by atoms with Gasteiger partial charge in [0.15, 0.2) is 5.82 Å². The Hall–Kier alpha value is -2.10. The molecule has 68 valence electrons. The van der Waals surface area contributed by atoms with Crippen LogP contribution in [0.1, 0.15) is 10.5 Å². The van der Waals surface area contributed by atoms with Gasteiger partial charge in [-0.2, -0.15) is 5.26 Å². The first kappa shape index (κ1) is 8.99. The highest BCUT2D eigenvalue weighted by molar-refractivity contribution is 5.91. The molecule has 0 aromatic carbocycles. The van der Waals surface area contributed by atoms with Crippen LogP contribution in [-0.2, 0) is 11.3 Å². The van der Waals surface area contributed by atoms with Crippen LogP contribution >= 0.6 is 0 Å². The molecular weight excluding hydrogens is 174 g/mol. The number of hydrogen-bond acceptors (Lipinski definition) is 6. The highest BCUT2D eigenvalue weighted by atomic mass is 16.5. The van der Waals surface area contributed by atoms with Crippen molar-refractivity contribution in [1.82, 2.24) is 15.0 Å². The number of anilines is 1. The molecule has 0 aliphatic rings. The maximum Gasteiger partial charge on any atom is 0.362 e. The van der Waals surface area contributed by atoms with Gasteiger partial charge in [-0.1, -0.05) is 5.21 Å². The van der Waals surface area contributed by atoms with Crippen molar-refractivity contribution in [2.24, 2.45) is 0 Å². The molecular formula is C6H7N5O2. The minimum absolute atomic E-state index is 0.0356. The van der Waals surface area contributed by atoms with Crippen molar-refractivity contribution >= 4 is 11.8 Å². The summed E-state index contributed by atoms with van der Waals surface area (Å²) in [7, 11) is 1.21. The number of rotatable bonds is 2. The Morgan fingerprint density at radius 3 is 3.08 bits per heavy atom. The number of hydrogen-bond donors (Lipinski definition) is 1. The van der Waals surface area contributed by atoms with Crippen LogP contribution < -0.4 is 5.73 Å². The zero-order chi connectivity index (χ0) is 9.84. The molecule has 7 nitrogen and oxygen atoms in total. The first-order chi connectivity index (χ1) is 6.20. The third-order valence-electron chi connectivity index (χ3n) is 1.37. The monoisotopic (exact) mass is 181 g/mol. The molecule has 13 heavy (non-hydrogen) atoms. The van der Waals surface area contributed by atoms with E-state index in [0.717, 1.165) is 4.68 Å². The summed E-state index contributed by atoms with van der Waals surface area (Å²) in [5.74, 6) is -0.630. The first-order valence-electron chi connectivity index (χ1n) is 3.35. The van der Waals surface area contributed by atoms with E-state index >= 15 is 0 Å². The van der Waals surface area contributed by atoms with E-state index in [1.54, 1.807) is 0 Å². The highest BCUT2D eigenvalue weighted by Gasteiger charge is 2.17. The zero-order valence-corrected chi connectivity index (χ0v) is 6.89. The molecule has 0 fully saturated rings. The van der Waals surface area contributed by atoms with Crippen molar-refractivity contribution in [2.75, 3.05) is 12.8 Å². The fraction of sp³-hybridized carbons (Fsp3) is 0.333. The van der Waals surface area contributed by atoms with E-state index in [9.17, 15) is 4.79 Å². The molecule has 1 aromatic heterocycles. The van der Waals surface area contributed by atoms with Crippen LogP contribution in [0, 0.1) is 11.3 Å². The summed E-state index contributed by atoms with van der Waals surface area (Å²) in [5.41, 5.74) is 5.38. The Morgan fingerprint density at radius 1 is 1.85 bits per heavy atom. The first-order valence-corrected chi connectivity index (χ1v) is 3.35. The van der Waals surface area contributed by atoms with E-state index < -0.39 is 5.97 Å². The van der Waals surface area contributed by atoms with Crippen molar-refractivity contribution in [3.63, 3.8) is 0 Å². The highest BCUT2D eigenvalue weighted by Crippen LogP contribution is 2.07. The Labute approximate surface area is 73.7 Å². The largest absolute Gasteiger partial charge is 0.464 e. The predicted molar refractivity (Wildman–Crippen MR) is 41.4 cm³/mol. The summed E-state index contributed by atoms with van der Waals surface area (Å²) in [6, 6.07) is 1.82. The number of carbonyl (C=O) groups is 1. The van der Waals surface area contributed by atoms with Gasteiger partial charge < -0.3 is 10.5 Å². The number of nitriles is 1. The molecule has 1 heterocycles. The summed E-state index contributed by atoms with van der Waals surface area (Å²) in [5, 5.41) is 15.3. The van der Waals surface area contributed by atoms with Gasteiger partial charge in [-0.15, -0.1) is 5.10 Å². The fourth-order valence-electron chi connectivity index (χ4n) is 0.746. The molecule has 0 radical (unpaired) electrons. The lowest BCUT2D eigenvalue weighted by Gasteiger charge is -1.96. The lowest BCUT2D eigenvalue weighted by molar-refractivity contribution is 0.0595. The number of methoxy groups -OCH3 is 1. The van der Waals surface area contributed by atoms with E-state index in [0.29, 0.717) is 0 Å². The average molecular weight is 181 g/mol. The number of nitrogen functional groups attached to an aromatic ring is 1. The van der Waals surface area contributed by atoms with E-state index in [4.69, 9.17) is 11.0 Å². The smallest absolute Gasteiger partial charge is 0.362 e. The minimum atomic E-state index is -0.665. The van der Waals surface area contributed by atoms with Crippen molar-refractivity contribution in [1.29, 1.82) is 5.26 Å². The van der Waals surface area contributed by atoms with Gasteiger partial charge >= 0.3 is 5.97 Å². The summed E-state index contributed by atoms with van der Waals surface area (Å²) < 4.78 is 5.51. The van der Waals surface area contributed by atoms with Crippen LogP contribution in [-0.4, -0.2) is 28.1 Å². The van der Waals surface area contributed by atoms with Crippen molar-refractivity contribution in [3.8, 4) is 6.07 Å². The molecule has 1 aromatic rings. The molecule has 0 unspecified atom stereocenters. The van der Waals surface area contributed by atoms with E-state index in [2.05, 4.69) is 15.0 Å². The molecule has 2 N–H and O–H groups in total. The van der Waals surface area contributed by atoms with Crippen LogP contribution in [0.3, 0.4) is 0 Å². The third-order valence-corrected chi connectivity index (χ3v) is 1.37. The van der Waals surface area contributed by atoms with E-state index in [1.165, 1.54) is 7.11 Å². The van der Waals surface area contributed by atoms with Gasteiger partial charge in [0.25, 0.3) is 0 Å². The second-order valence-corrected chi connectivity index (χ2v) is 2.13. The number of nitrogens with zero attached hydrogens (tertiary/aromatic N) is 4. The molecule has 0 saturated heterocycles. The molecule has 0 saturated carbocycles. The summed E-state index contributed by atoms with van der Waals surface area (Å²) in [6.07, 6.45) is 0. The van der Waals surface area contributed by atoms with Crippen LogP contribution in [0.5, 0.6) is 0 Å².